The molecule has 2 aliphatic rings. The fraction of sp³-hybridized carbons (Fsp3) is 0.750. The average molecular weight is 744 g/mol. The molecule has 3 heterocycles. The Balaban J connectivity index is 1.52. The van der Waals surface area contributed by atoms with Crippen LogP contribution in [0.1, 0.15) is 86.5 Å². The molecule has 1 aromatic carbocycles. The maximum absolute atomic E-state index is 14.3. The van der Waals surface area contributed by atoms with Crippen LogP contribution >= 0.6 is 0 Å². The van der Waals surface area contributed by atoms with Gasteiger partial charge in [0.1, 0.15) is 18.1 Å². The molecule has 2 fully saturated rings. The van der Waals surface area contributed by atoms with E-state index in [0.717, 1.165) is 37.9 Å². The summed E-state index contributed by atoms with van der Waals surface area (Å²) in [5, 5.41) is 23.2. The first-order chi connectivity index (χ1) is 25.1. The fourth-order valence-electron chi connectivity index (χ4n) is 7.98. The molecule has 2 N–H and O–H groups in total. The number of likely N-dealkylation sites (N-methyl/N-ethyl adjacent to an activating group) is 1. The summed E-state index contributed by atoms with van der Waals surface area (Å²) >= 11 is 0. The highest BCUT2D eigenvalue weighted by Gasteiger charge is 2.51. The third-order valence-corrected chi connectivity index (χ3v) is 11.0. The third-order valence-electron chi connectivity index (χ3n) is 11.0. The number of esters is 1. The van der Waals surface area contributed by atoms with E-state index in [4.69, 9.17) is 23.4 Å². The van der Waals surface area contributed by atoms with E-state index in [-0.39, 0.29) is 36.5 Å². The summed E-state index contributed by atoms with van der Waals surface area (Å²) in [6.45, 7) is 16.1. The van der Waals surface area contributed by atoms with Gasteiger partial charge >= 0.3 is 5.97 Å². The number of hydrogen-bond donors (Lipinski definition) is 2. The Morgan fingerprint density at radius 3 is 2.47 bits per heavy atom. The van der Waals surface area contributed by atoms with Gasteiger partial charge in [0.2, 0.25) is 11.8 Å². The topological polar surface area (TPSA) is 149 Å². The van der Waals surface area contributed by atoms with E-state index in [2.05, 4.69) is 34.3 Å². The number of rotatable bonds is 13. The van der Waals surface area contributed by atoms with Crippen molar-refractivity contribution >= 4 is 11.8 Å². The molecule has 53 heavy (non-hydrogen) atoms. The maximum atomic E-state index is 14.3. The molecule has 298 valence electrons. The van der Waals surface area contributed by atoms with Crippen molar-refractivity contribution in [2.24, 2.45) is 17.3 Å². The van der Waals surface area contributed by atoms with Crippen LogP contribution in [0.25, 0.3) is 11.5 Å². The number of Topliss-reactive ketones (excluding diaryl/α,β-unsaturated/α-hetero) is 1. The highest BCUT2D eigenvalue weighted by Crippen LogP contribution is 2.38. The Bertz CT molecular complexity index is 1440. The second kappa shape index (κ2) is 19.2. The Morgan fingerprint density at radius 1 is 1.09 bits per heavy atom. The number of benzene rings is 1. The molecule has 0 aliphatic carbocycles. The predicted molar refractivity (Wildman–Crippen MR) is 202 cm³/mol. The zero-order chi connectivity index (χ0) is 38.9. The van der Waals surface area contributed by atoms with Crippen LogP contribution in [0.2, 0.25) is 0 Å². The molecular formula is C40H65N5O8. The first-order valence-corrected chi connectivity index (χ1v) is 19.4. The van der Waals surface area contributed by atoms with Crippen LogP contribution in [0, 0.1) is 17.3 Å². The van der Waals surface area contributed by atoms with Gasteiger partial charge in [0.05, 0.1) is 24.4 Å². The molecule has 2 aliphatic heterocycles. The van der Waals surface area contributed by atoms with E-state index in [9.17, 15) is 14.7 Å². The number of aromatic nitrogens is 2. The lowest BCUT2D eigenvalue weighted by atomic mass is 9.74. The van der Waals surface area contributed by atoms with Crippen LogP contribution in [0.15, 0.2) is 34.7 Å². The highest BCUT2D eigenvalue weighted by molar-refractivity contribution is 6.04. The molecule has 2 aromatic rings. The van der Waals surface area contributed by atoms with Gasteiger partial charge in [0.15, 0.2) is 12.1 Å². The highest BCUT2D eigenvalue weighted by atomic mass is 16.7. The lowest BCUT2D eigenvalue weighted by molar-refractivity contribution is -0.295. The summed E-state index contributed by atoms with van der Waals surface area (Å²) in [4.78, 5) is 32.5. The van der Waals surface area contributed by atoms with Gasteiger partial charge in [-0.05, 0) is 105 Å². The number of carbonyl (C=O) groups excluding carboxylic acids is 2. The number of aliphatic hydroxyl groups excluding tert-OH is 1. The van der Waals surface area contributed by atoms with Crippen molar-refractivity contribution in [3.63, 3.8) is 0 Å². The number of ether oxygens (including phenoxy) is 4. The van der Waals surface area contributed by atoms with Gasteiger partial charge in [0.25, 0.3) is 0 Å². The maximum Gasteiger partial charge on any atom is 0.319 e. The number of methoxy groups -OCH3 is 1. The van der Waals surface area contributed by atoms with E-state index >= 15 is 0 Å². The second-order valence-corrected chi connectivity index (χ2v) is 16.2. The standard InChI is InChI=1S/C40H65N5O8/c1-11-20-45-24-26(2)22-40(7,49-10)35(53-37-33(46)31(44(8)9)21-27(3)51-37)28(4)34(47)39(5,6)38(48)50-25-30(45)18-15-19-41-23-32-42-43-36(52-32)29-16-13-12-14-17-29/h12-14,16-17,26-28,30-31,33,35,37,41,46H,11,15,18-25H2,1-10H3/t26-,27-,28+,30-,31+,33-,35-,37+,40-/m1/s1. The van der Waals surface area contributed by atoms with Crippen LogP contribution < -0.4 is 5.32 Å². The van der Waals surface area contributed by atoms with E-state index in [1.807, 2.05) is 63.2 Å². The summed E-state index contributed by atoms with van der Waals surface area (Å²) in [7, 11) is 5.48. The van der Waals surface area contributed by atoms with Crippen molar-refractivity contribution in [3.8, 4) is 11.5 Å². The number of nitrogens with zero attached hydrogens (tertiary/aromatic N) is 4. The molecule has 0 bridgehead atoms. The number of ketones is 1. The Labute approximate surface area is 316 Å². The van der Waals surface area contributed by atoms with Gasteiger partial charge in [-0.15, -0.1) is 10.2 Å². The molecule has 0 spiro atoms. The van der Waals surface area contributed by atoms with Crippen LogP contribution in [0.5, 0.6) is 0 Å². The second-order valence-electron chi connectivity index (χ2n) is 16.2. The number of nitrogens with one attached hydrogen (secondary N) is 1. The summed E-state index contributed by atoms with van der Waals surface area (Å²) in [6, 6.07) is 9.43. The molecule has 13 nitrogen and oxygen atoms in total. The predicted octanol–water partition coefficient (Wildman–Crippen LogP) is 4.72. The van der Waals surface area contributed by atoms with Crippen LogP contribution in [-0.2, 0) is 35.1 Å². The van der Waals surface area contributed by atoms with Crippen molar-refractivity contribution in [2.45, 2.75) is 129 Å². The number of hydrogen-bond acceptors (Lipinski definition) is 13. The van der Waals surface area contributed by atoms with E-state index in [1.165, 1.54) is 0 Å². The van der Waals surface area contributed by atoms with E-state index in [0.29, 0.717) is 37.7 Å². The molecule has 0 saturated carbocycles. The van der Waals surface area contributed by atoms with E-state index in [1.54, 1.807) is 27.9 Å². The molecule has 2 saturated heterocycles. The normalized spacial score (nSPS) is 32.2. The van der Waals surface area contributed by atoms with Gasteiger partial charge in [-0.3, -0.25) is 14.5 Å². The molecule has 0 unspecified atom stereocenters. The first kappa shape index (κ1) is 43.0. The number of cyclic esters (lactones) is 1. The number of aliphatic hydroxyl groups is 1. The molecule has 4 rings (SSSR count). The SMILES string of the molecule is CCCN1C[C@H](C)C[C@@](C)(OC)[C@H](O[C@@H]2O[C@H](C)C[C@H](N(C)C)[C@H]2O)[C@@H](C)C(=O)C(C)(C)C(=O)OC[C@H]1CCCNCc1nnc(-c2ccccc2)o1. The lowest BCUT2D eigenvalue weighted by Crippen LogP contribution is -2.59. The fourth-order valence-corrected chi connectivity index (χ4v) is 7.98. The Hall–Kier alpha value is -2.78. The zero-order valence-electron chi connectivity index (χ0n) is 33.7. The summed E-state index contributed by atoms with van der Waals surface area (Å²) in [6.07, 6.45) is 0.796. The summed E-state index contributed by atoms with van der Waals surface area (Å²) < 4.78 is 31.0. The minimum atomic E-state index is -1.45. The first-order valence-electron chi connectivity index (χ1n) is 19.4. The summed E-state index contributed by atoms with van der Waals surface area (Å²) in [5.74, 6) is -0.539. The van der Waals surface area contributed by atoms with Crippen LogP contribution in [0.4, 0.5) is 0 Å². The van der Waals surface area contributed by atoms with Crippen molar-refractivity contribution in [2.75, 3.05) is 47.4 Å². The third kappa shape index (κ3) is 10.9. The molecular weight excluding hydrogens is 678 g/mol. The average Bonchev–Trinajstić information content (AvgIpc) is 3.60. The van der Waals surface area contributed by atoms with Crippen molar-refractivity contribution in [1.29, 1.82) is 0 Å². The zero-order valence-corrected chi connectivity index (χ0v) is 33.7. The van der Waals surface area contributed by atoms with Crippen LogP contribution in [0.3, 0.4) is 0 Å². The van der Waals surface area contributed by atoms with Crippen molar-refractivity contribution < 1.29 is 38.1 Å². The molecule has 1 aromatic heterocycles. The van der Waals surface area contributed by atoms with Gasteiger partial charge < -0.3 is 38.7 Å². The summed E-state index contributed by atoms with van der Waals surface area (Å²) in [5.41, 5.74) is -1.53. The van der Waals surface area contributed by atoms with Crippen LogP contribution in [-0.4, -0.2) is 127 Å². The largest absolute Gasteiger partial charge is 0.463 e. The van der Waals surface area contributed by atoms with Gasteiger partial charge in [-0.25, -0.2) is 0 Å². The Morgan fingerprint density at radius 2 is 1.81 bits per heavy atom. The minimum absolute atomic E-state index is 0.0589. The molecule has 0 amide bonds. The monoisotopic (exact) mass is 743 g/mol. The number of carbonyl (C=O) groups is 2. The smallest absolute Gasteiger partial charge is 0.319 e. The van der Waals surface area contributed by atoms with Gasteiger partial charge in [-0.1, -0.05) is 39.0 Å². The molecule has 9 atom stereocenters. The van der Waals surface area contributed by atoms with Gasteiger partial charge in [-0.2, -0.15) is 0 Å². The minimum Gasteiger partial charge on any atom is -0.463 e. The van der Waals surface area contributed by atoms with E-state index < -0.39 is 41.4 Å². The quantitative estimate of drug-likeness (QED) is 0.166. The lowest BCUT2D eigenvalue weighted by Gasteiger charge is -2.47. The van der Waals surface area contributed by atoms with Gasteiger partial charge in [0, 0.05) is 37.2 Å². The van der Waals surface area contributed by atoms with Crippen molar-refractivity contribution in [1.82, 2.24) is 25.3 Å². The molecule has 0 radical (unpaired) electrons. The molecule has 13 heteroatoms. The Kier molecular flexibility index (Phi) is 15.6. The van der Waals surface area contributed by atoms with Crippen molar-refractivity contribution in [3.05, 3.63) is 36.2 Å².